The number of fused-ring (bicyclic) bond motifs is 3. The molecule has 0 fully saturated rings. The van der Waals surface area contributed by atoms with Crippen LogP contribution in [0.3, 0.4) is 0 Å². The van der Waals surface area contributed by atoms with Crippen LogP contribution in [0.4, 0.5) is 5.69 Å². The molecule has 4 heterocycles. The normalized spacial score (nSPS) is 10.9. The first-order valence-electron chi connectivity index (χ1n) is 8.24. The minimum absolute atomic E-state index is 0.270. The van der Waals surface area contributed by atoms with Gasteiger partial charge in [0, 0.05) is 23.7 Å². The highest BCUT2D eigenvalue weighted by molar-refractivity contribution is 6.18. The van der Waals surface area contributed by atoms with Crippen molar-refractivity contribution < 1.29 is 14.3 Å². The van der Waals surface area contributed by atoms with Crippen LogP contribution in [0.2, 0.25) is 0 Å². The summed E-state index contributed by atoms with van der Waals surface area (Å²) in [5.74, 6) is 0.680. The van der Waals surface area contributed by atoms with Crippen molar-refractivity contribution >= 4 is 33.5 Å². The van der Waals surface area contributed by atoms with Crippen molar-refractivity contribution in [1.82, 2.24) is 19.9 Å². The molecule has 0 aliphatic rings. The zero-order valence-corrected chi connectivity index (χ0v) is 15.0. The van der Waals surface area contributed by atoms with Crippen LogP contribution in [0.15, 0.2) is 36.7 Å². The van der Waals surface area contributed by atoms with Gasteiger partial charge in [0.25, 0.3) is 5.91 Å². The van der Waals surface area contributed by atoms with Gasteiger partial charge in [0.15, 0.2) is 0 Å². The number of aromatic amines is 1. The van der Waals surface area contributed by atoms with Crippen LogP contribution in [0.5, 0.6) is 11.8 Å². The molecule has 4 aromatic rings. The molecular formula is C19H17N5O3. The molecule has 0 saturated carbocycles. The van der Waals surface area contributed by atoms with Crippen LogP contribution in [0.25, 0.3) is 21.9 Å². The molecule has 0 aliphatic heterocycles. The van der Waals surface area contributed by atoms with Gasteiger partial charge in [-0.3, -0.25) is 9.78 Å². The van der Waals surface area contributed by atoms with Crippen molar-refractivity contribution in [1.29, 1.82) is 0 Å². The second-order valence-corrected chi connectivity index (χ2v) is 5.91. The summed E-state index contributed by atoms with van der Waals surface area (Å²) < 4.78 is 10.3. The molecule has 0 radical (unpaired) electrons. The second-order valence-electron chi connectivity index (χ2n) is 5.91. The summed E-state index contributed by atoms with van der Waals surface area (Å²) in [6.45, 7) is 1.80. The highest BCUT2D eigenvalue weighted by Gasteiger charge is 2.17. The minimum Gasteiger partial charge on any atom is -0.481 e. The number of nitrogens with zero attached hydrogens (tertiary/aromatic N) is 3. The van der Waals surface area contributed by atoms with Gasteiger partial charge in [-0.1, -0.05) is 0 Å². The molecule has 0 atom stereocenters. The number of aromatic nitrogens is 4. The van der Waals surface area contributed by atoms with E-state index >= 15 is 0 Å². The first-order chi connectivity index (χ1) is 13.1. The lowest BCUT2D eigenvalue weighted by molar-refractivity contribution is 0.102. The van der Waals surface area contributed by atoms with Crippen LogP contribution in [-0.2, 0) is 0 Å². The van der Waals surface area contributed by atoms with Crippen molar-refractivity contribution in [2.75, 3.05) is 19.5 Å². The lowest BCUT2D eigenvalue weighted by Crippen LogP contribution is -2.13. The number of carbonyl (C=O) groups excluding carboxylic acids is 1. The highest BCUT2D eigenvalue weighted by atomic mass is 16.5. The second kappa shape index (κ2) is 6.56. The Morgan fingerprint density at radius 3 is 2.56 bits per heavy atom. The largest absolute Gasteiger partial charge is 0.481 e. The van der Waals surface area contributed by atoms with Gasteiger partial charge < -0.3 is 19.8 Å². The predicted molar refractivity (Wildman–Crippen MR) is 101 cm³/mol. The van der Waals surface area contributed by atoms with E-state index in [0.717, 1.165) is 5.52 Å². The molecule has 4 aromatic heterocycles. The number of ether oxygens (including phenoxy) is 2. The van der Waals surface area contributed by atoms with Gasteiger partial charge in [-0.05, 0) is 19.1 Å². The van der Waals surface area contributed by atoms with Gasteiger partial charge in [-0.15, -0.1) is 0 Å². The molecule has 0 aromatic carbocycles. The minimum atomic E-state index is -0.270. The van der Waals surface area contributed by atoms with Crippen molar-refractivity contribution in [3.8, 4) is 11.8 Å². The lowest BCUT2D eigenvalue weighted by atomic mass is 10.1. The maximum Gasteiger partial charge on any atom is 0.257 e. The Labute approximate surface area is 154 Å². The molecule has 8 heteroatoms. The standard InChI is InChI=1S/C19H17N5O3/c1-10-12(4-6-15(22-10)26-2)23-19(25)11-8-20-14-9-21-13-5-7-16(27-3)24-18(13)17(11)14/h4-9,20H,1-3H3,(H,23,25). The van der Waals surface area contributed by atoms with Gasteiger partial charge in [0.1, 0.15) is 5.52 Å². The molecule has 27 heavy (non-hydrogen) atoms. The number of aryl methyl sites for hydroxylation is 1. The maximum atomic E-state index is 12.9. The molecule has 2 N–H and O–H groups in total. The summed E-state index contributed by atoms with van der Waals surface area (Å²) in [6, 6.07) is 7.01. The molecule has 0 bridgehead atoms. The molecule has 0 aliphatic carbocycles. The van der Waals surface area contributed by atoms with Gasteiger partial charge in [-0.25, -0.2) is 9.97 Å². The molecule has 0 unspecified atom stereocenters. The Morgan fingerprint density at radius 2 is 1.81 bits per heavy atom. The first-order valence-corrected chi connectivity index (χ1v) is 8.24. The number of carbonyl (C=O) groups is 1. The Balaban J connectivity index is 1.79. The number of rotatable bonds is 4. The first kappa shape index (κ1) is 16.8. The monoisotopic (exact) mass is 363 g/mol. The third kappa shape index (κ3) is 2.91. The van der Waals surface area contributed by atoms with E-state index in [1.165, 1.54) is 0 Å². The Bertz CT molecular complexity index is 1170. The topological polar surface area (TPSA) is 102 Å². The van der Waals surface area contributed by atoms with Crippen LogP contribution in [0.1, 0.15) is 16.1 Å². The Kier molecular flexibility index (Phi) is 4.08. The van der Waals surface area contributed by atoms with E-state index in [-0.39, 0.29) is 5.91 Å². The fourth-order valence-corrected chi connectivity index (χ4v) is 2.92. The molecule has 4 rings (SSSR count). The van der Waals surface area contributed by atoms with Crippen LogP contribution < -0.4 is 14.8 Å². The summed E-state index contributed by atoms with van der Waals surface area (Å²) in [4.78, 5) is 29.1. The van der Waals surface area contributed by atoms with Crippen molar-refractivity contribution in [3.05, 3.63) is 47.9 Å². The van der Waals surface area contributed by atoms with E-state index in [9.17, 15) is 4.79 Å². The third-order valence-corrected chi connectivity index (χ3v) is 4.30. The van der Waals surface area contributed by atoms with Crippen LogP contribution in [-0.4, -0.2) is 40.1 Å². The molecular weight excluding hydrogens is 346 g/mol. The van der Waals surface area contributed by atoms with Crippen molar-refractivity contribution in [3.63, 3.8) is 0 Å². The van der Waals surface area contributed by atoms with Gasteiger partial charge >= 0.3 is 0 Å². The number of pyridine rings is 3. The van der Waals surface area contributed by atoms with E-state index in [0.29, 0.717) is 45.1 Å². The molecule has 0 saturated heterocycles. The zero-order chi connectivity index (χ0) is 19.0. The average Bonchev–Trinajstić information content (AvgIpc) is 3.13. The summed E-state index contributed by atoms with van der Waals surface area (Å²) in [5.41, 5.74) is 3.74. The van der Waals surface area contributed by atoms with Crippen molar-refractivity contribution in [2.24, 2.45) is 0 Å². The number of amides is 1. The Morgan fingerprint density at radius 1 is 1.07 bits per heavy atom. The number of anilines is 1. The fourth-order valence-electron chi connectivity index (χ4n) is 2.92. The smallest absolute Gasteiger partial charge is 0.257 e. The van der Waals surface area contributed by atoms with E-state index in [1.54, 1.807) is 51.7 Å². The Hall–Kier alpha value is -3.68. The molecule has 136 valence electrons. The molecule has 0 spiro atoms. The predicted octanol–water partition coefficient (Wildman–Crippen LogP) is 3.08. The lowest BCUT2D eigenvalue weighted by Gasteiger charge is -2.09. The summed E-state index contributed by atoms with van der Waals surface area (Å²) in [5, 5.41) is 3.58. The highest BCUT2D eigenvalue weighted by Crippen LogP contribution is 2.28. The average molecular weight is 363 g/mol. The van der Waals surface area contributed by atoms with E-state index in [1.807, 2.05) is 6.07 Å². The fraction of sp³-hybridized carbons (Fsp3) is 0.158. The number of hydrogen-bond acceptors (Lipinski definition) is 6. The van der Waals surface area contributed by atoms with Gasteiger partial charge in [-0.2, -0.15) is 0 Å². The molecule has 1 amide bonds. The number of nitrogens with one attached hydrogen (secondary N) is 2. The SMILES string of the molecule is COc1ccc(NC(=O)c2c[nH]c3cnc4ccc(OC)nc4c23)c(C)n1. The maximum absolute atomic E-state index is 12.9. The number of hydrogen-bond donors (Lipinski definition) is 2. The summed E-state index contributed by atoms with van der Waals surface area (Å²) in [7, 11) is 3.10. The summed E-state index contributed by atoms with van der Waals surface area (Å²) in [6.07, 6.45) is 3.33. The van der Waals surface area contributed by atoms with Gasteiger partial charge in [0.05, 0.1) is 48.4 Å². The summed E-state index contributed by atoms with van der Waals surface area (Å²) >= 11 is 0. The zero-order valence-electron chi connectivity index (χ0n) is 15.0. The number of H-pyrrole nitrogens is 1. The van der Waals surface area contributed by atoms with Crippen LogP contribution >= 0.6 is 0 Å². The third-order valence-electron chi connectivity index (χ3n) is 4.30. The van der Waals surface area contributed by atoms with Crippen LogP contribution in [0, 0.1) is 6.92 Å². The van der Waals surface area contributed by atoms with E-state index < -0.39 is 0 Å². The number of methoxy groups -OCH3 is 2. The van der Waals surface area contributed by atoms with E-state index in [2.05, 4.69) is 25.3 Å². The van der Waals surface area contributed by atoms with Gasteiger partial charge in [0.2, 0.25) is 11.8 Å². The quantitative estimate of drug-likeness (QED) is 0.578. The van der Waals surface area contributed by atoms with E-state index in [4.69, 9.17) is 9.47 Å². The molecule has 8 nitrogen and oxygen atoms in total. The van der Waals surface area contributed by atoms with Crippen molar-refractivity contribution in [2.45, 2.75) is 6.92 Å².